The average Bonchev–Trinajstić information content (AvgIpc) is 3.70. The molecule has 0 aliphatic carbocycles. The molecule has 0 saturated carbocycles. The molecule has 0 radical (unpaired) electrons. The van der Waals surface area contributed by atoms with Gasteiger partial charge in [0.1, 0.15) is 0 Å². The van der Waals surface area contributed by atoms with Gasteiger partial charge in [0.25, 0.3) is 0 Å². The first-order valence-corrected chi connectivity index (χ1v) is 23.0. The zero-order chi connectivity index (χ0) is 39.2. The Hall–Kier alpha value is -1.60. The van der Waals surface area contributed by atoms with E-state index < -0.39 is 32.4 Å². The number of hydrogen-bond acceptors (Lipinski definition) is 11. The molecule has 0 bridgehead atoms. The molecular formula is C39H75BN7O5P. The van der Waals surface area contributed by atoms with E-state index in [4.69, 9.17) is 29.2 Å². The third kappa shape index (κ3) is 9.87. The number of methoxy groups -OCH3 is 1. The predicted octanol–water partition coefficient (Wildman–Crippen LogP) is 7.00. The number of aromatic nitrogens is 4. The first-order chi connectivity index (χ1) is 25.0. The number of ether oxygens (including phenoxy) is 2. The van der Waals surface area contributed by atoms with E-state index in [9.17, 15) is 4.89 Å². The van der Waals surface area contributed by atoms with Crippen LogP contribution in [0.15, 0.2) is 6.33 Å². The number of rotatable bonds is 21. The van der Waals surface area contributed by atoms with Crippen molar-refractivity contribution in [2.24, 2.45) is 47.3 Å². The number of imidazole rings is 1. The standard InChI is InChI=1S/C39H75BN7O5P/c1-13-23(3)25(5)27(7)29(9)39(11,30(10)28(8)26(6)24(4)14-2)45-20-18-16-15-17-19-42-38-46-32-35(41)43-22-44-36(32)47(38)37-34(49-12)33-31(51-37)21-50-53(40,48)52-33/h22-31,33-34,37,45,48,53H,13-21,40H2,1-12H3,(H,42,46)(H2,41,43,44)/t23?,24?,25?,26?,27?,28?,29?,30?,31-,33+,34+,37-,39?/m1/s1. The van der Waals surface area contributed by atoms with E-state index in [1.165, 1.54) is 19.2 Å². The van der Waals surface area contributed by atoms with Gasteiger partial charge in [0, 0.05) is 5.54 Å². The topological polar surface area (TPSA) is 151 Å². The van der Waals surface area contributed by atoms with Gasteiger partial charge in [-0.3, -0.25) is 0 Å². The van der Waals surface area contributed by atoms with Gasteiger partial charge < -0.3 is 5.32 Å². The summed E-state index contributed by atoms with van der Waals surface area (Å²) >= 11 is 0. The summed E-state index contributed by atoms with van der Waals surface area (Å²) in [7, 11) is -0.0397. The number of hydrogen-bond donors (Lipinski definition) is 4. The van der Waals surface area contributed by atoms with Crippen LogP contribution in [-0.2, 0) is 18.5 Å². The number of fused-ring (bicyclic) bond motifs is 2. The van der Waals surface area contributed by atoms with Gasteiger partial charge in [0.05, 0.1) is 0 Å². The fourth-order valence-corrected chi connectivity index (χ4v) is 10.3. The molecule has 4 rings (SSSR count). The Balaban J connectivity index is 1.38. The van der Waals surface area contributed by atoms with Crippen molar-refractivity contribution in [2.45, 2.75) is 145 Å². The number of nitrogens with one attached hydrogen (secondary N) is 2. The van der Waals surface area contributed by atoms with Crippen LogP contribution in [0.4, 0.5) is 11.8 Å². The van der Waals surface area contributed by atoms with E-state index in [0.717, 1.165) is 50.6 Å². The van der Waals surface area contributed by atoms with E-state index in [0.29, 0.717) is 58.4 Å². The third-order valence-corrected chi connectivity index (χ3v) is 15.7. The molecule has 2 aromatic rings. The zero-order valence-electron chi connectivity index (χ0n) is 35.3. The Morgan fingerprint density at radius 2 is 1.55 bits per heavy atom. The Labute approximate surface area is 322 Å². The number of nitrogen functional groups attached to an aromatic ring is 1. The molecule has 8 unspecified atom stereocenters. The van der Waals surface area contributed by atoms with E-state index in [1.807, 2.05) is 4.57 Å². The van der Waals surface area contributed by atoms with Gasteiger partial charge in [-0.2, -0.15) is 0 Å². The Morgan fingerprint density at radius 1 is 0.962 bits per heavy atom. The number of nitrogens with two attached hydrogens (primary N) is 1. The first kappa shape index (κ1) is 44.1. The van der Waals surface area contributed by atoms with E-state index in [-0.39, 0.29) is 12.1 Å². The third-order valence-electron chi connectivity index (χ3n) is 14.3. The monoisotopic (exact) mass is 764 g/mol. The molecule has 5 N–H and O–H groups in total. The van der Waals surface area contributed by atoms with Crippen LogP contribution >= 0.6 is 7.82 Å². The minimum absolute atomic E-state index is 0.0443. The molecule has 2 aromatic heterocycles. The van der Waals surface area contributed by atoms with Crippen molar-refractivity contribution in [3.8, 4) is 0 Å². The molecular weight excluding hydrogens is 688 g/mol. The summed E-state index contributed by atoms with van der Waals surface area (Å²) in [4.78, 5) is 24.1. The molecule has 0 amide bonds. The van der Waals surface area contributed by atoms with Gasteiger partial charge in [-0.15, -0.1) is 0 Å². The molecule has 2 aliphatic heterocycles. The summed E-state index contributed by atoms with van der Waals surface area (Å²) < 4.78 is 25.8. The number of nitrogens with zero attached hydrogens (tertiary/aromatic N) is 4. The van der Waals surface area contributed by atoms with Crippen LogP contribution in [0.1, 0.15) is 121 Å². The second-order valence-corrected chi connectivity index (χ2v) is 19.4. The van der Waals surface area contributed by atoms with Gasteiger partial charge in [-0.05, 0) is 60.8 Å². The Morgan fingerprint density at radius 3 is 2.11 bits per heavy atom. The number of unbranched alkanes of at least 4 members (excludes halogenated alkanes) is 3. The van der Waals surface area contributed by atoms with E-state index in [1.54, 1.807) is 14.7 Å². The summed E-state index contributed by atoms with van der Waals surface area (Å²) in [6.45, 7) is 28.9. The Bertz CT molecular complexity index is 1410. The zero-order valence-corrected chi connectivity index (χ0v) is 36.3. The fraction of sp³-hybridized carbons (Fsp3) is 0.872. The summed E-state index contributed by atoms with van der Waals surface area (Å²) in [6.07, 6.45) is 6.24. The van der Waals surface area contributed by atoms with Crippen LogP contribution in [0.2, 0.25) is 0 Å². The normalized spacial score (nSPS) is 27.9. The van der Waals surface area contributed by atoms with Crippen LogP contribution in [0.5, 0.6) is 0 Å². The van der Waals surface area contributed by atoms with Crippen LogP contribution < -0.4 is 16.4 Å². The minimum atomic E-state index is -3.27. The maximum absolute atomic E-state index is 10.6. The molecule has 12 nitrogen and oxygen atoms in total. The van der Waals surface area contributed by atoms with Gasteiger partial charge in [0.2, 0.25) is 0 Å². The first-order valence-electron chi connectivity index (χ1n) is 20.7. The molecule has 0 aromatic carbocycles. The second kappa shape index (κ2) is 19.0. The summed E-state index contributed by atoms with van der Waals surface area (Å²) in [5, 5.41) is 7.71. The van der Waals surface area contributed by atoms with Crippen LogP contribution in [-0.4, -0.2) is 82.6 Å². The molecule has 2 fully saturated rings. The number of anilines is 2. The molecule has 53 heavy (non-hydrogen) atoms. The SMILES string of the molecule is B[PH]1(O)OC[C@H]2O[C@@H](n3c(NCCCCCCNC(C)(C(C)C(C)C(C)C(C)CC)C(C)C(C)C(C)C(C)CC)nc4c(N)ncnc43)[C@@H](OC)[C@H]2O1. The van der Waals surface area contributed by atoms with Crippen LogP contribution in [0.3, 0.4) is 0 Å². The van der Waals surface area contributed by atoms with Crippen molar-refractivity contribution in [1.82, 2.24) is 24.8 Å². The fourth-order valence-electron chi connectivity index (χ4n) is 8.94. The summed E-state index contributed by atoms with van der Waals surface area (Å²) in [5.41, 5.74) is 7.34. The van der Waals surface area contributed by atoms with Crippen molar-refractivity contribution in [2.75, 3.05) is 37.9 Å². The molecule has 12 atom stereocenters. The van der Waals surface area contributed by atoms with Gasteiger partial charge in [-0.1, -0.05) is 82.1 Å². The molecule has 0 spiro atoms. The van der Waals surface area contributed by atoms with Crippen molar-refractivity contribution in [1.29, 1.82) is 0 Å². The van der Waals surface area contributed by atoms with E-state index >= 15 is 0 Å². The van der Waals surface area contributed by atoms with Crippen molar-refractivity contribution < 1.29 is 23.4 Å². The second-order valence-electron chi connectivity index (χ2n) is 17.1. The van der Waals surface area contributed by atoms with Crippen molar-refractivity contribution in [3.63, 3.8) is 0 Å². The van der Waals surface area contributed by atoms with Crippen LogP contribution in [0.25, 0.3) is 11.2 Å². The van der Waals surface area contributed by atoms with Gasteiger partial charge in [0.15, 0.2) is 0 Å². The summed E-state index contributed by atoms with van der Waals surface area (Å²) in [5.74, 6) is 6.04. The molecule has 2 aliphatic rings. The maximum atomic E-state index is 10.6. The predicted molar refractivity (Wildman–Crippen MR) is 222 cm³/mol. The van der Waals surface area contributed by atoms with Gasteiger partial charge >= 0.3 is 169 Å². The van der Waals surface area contributed by atoms with Crippen molar-refractivity contribution >= 4 is 38.3 Å². The molecule has 2 saturated heterocycles. The van der Waals surface area contributed by atoms with Gasteiger partial charge in [-0.25, -0.2) is 0 Å². The van der Waals surface area contributed by atoms with E-state index in [2.05, 4.69) is 96.8 Å². The average molecular weight is 764 g/mol. The summed E-state index contributed by atoms with van der Waals surface area (Å²) in [6, 6.07) is 0. The molecule has 304 valence electrons. The van der Waals surface area contributed by atoms with Crippen LogP contribution in [0, 0.1) is 47.3 Å². The quantitative estimate of drug-likeness (QED) is 0.0591. The van der Waals surface area contributed by atoms with Crippen molar-refractivity contribution in [3.05, 3.63) is 6.33 Å². The molecule has 4 heterocycles. The molecule has 14 heteroatoms. The Kier molecular flexibility index (Phi) is 15.8.